The van der Waals surface area contributed by atoms with Gasteiger partial charge < -0.3 is 10.4 Å². The predicted octanol–water partition coefficient (Wildman–Crippen LogP) is 1.98. The lowest BCUT2D eigenvalue weighted by molar-refractivity contribution is 0.178. The van der Waals surface area contributed by atoms with Crippen molar-refractivity contribution in [2.45, 2.75) is 26.0 Å². The minimum Gasteiger partial charge on any atom is -0.391 e. The second-order valence-electron chi connectivity index (χ2n) is 2.64. The number of halogens is 1. The molecule has 2 N–H and O–H groups in total. The van der Waals surface area contributed by atoms with Gasteiger partial charge in [0.15, 0.2) is 5.13 Å². The highest BCUT2D eigenvalue weighted by molar-refractivity contribution is 7.19. The van der Waals surface area contributed by atoms with Crippen LogP contribution in [0.3, 0.4) is 0 Å². The molecule has 0 spiro atoms. The molecule has 0 aliphatic rings. The summed E-state index contributed by atoms with van der Waals surface area (Å²) in [6.07, 6.45) is 1.19. The Balaban J connectivity index is 2.52. The first-order valence-electron chi connectivity index (χ1n) is 3.65. The molecule has 2 atom stereocenters. The lowest BCUT2D eigenvalue weighted by atomic mass is 10.2. The third kappa shape index (κ3) is 2.62. The molecule has 1 aromatic rings. The Bertz CT molecular complexity index is 251. The molecule has 1 heterocycles. The van der Waals surface area contributed by atoms with Crippen molar-refractivity contribution in [1.82, 2.24) is 4.98 Å². The van der Waals surface area contributed by atoms with Crippen LogP contribution in [0.15, 0.2) is 6.20 Å². The van der Waals surface area contributed by atoms with Crippen LogP contribution in [0.5, 0.6) is 0 Å². The number of rotatable bonds is 3. The third-order valence-corrected chi connectivity index (χ3v) is 2.60. The lowest BCUT2D eigenvalue weighted by Gasteiger charge is -2.14. The van der Waals surface area contributed by atoms with E-state index in [2.05, 4.69) is 10.3 Å². The number of nitrogens with zero attached hydrogens (tertiary/aromatic N) is 1. The molecule has 2 unspecified atom stereocenters. The minimum absolute atomic E-state index is 0.00721. The van der Waals surface area contributed by atoms with Crippen molar-refractivity contribution < 1.29 is 5.11 Å². The number of hydrogen-bond acceptors (Lipinski definition) is 4. The summed E-state index contributed by atoms with van der Waals surface area (Å²) in [6.45, 7) is 3.62. The molecule has 0 radical (unpaired) electrons. The van der Waals surface area contributed by atoms with Crippen LogP contribution in [-0.2, 0) is 0 Å². The van der Waals surface area contributed by atoms with Gasteiger partial charge in [0.1, 0.15) is 4.34 Å². The summed E-state index contributed by atoms with van der Waals surface area (Å²) in [7, 11) is 0. The molecular formula is C7H11ClN2OS. The highest BCUT2D eigenvalue weighted by atomic mass is 35.5. The Morgan fingerprint density at radius 3 is 2.75 bits per heavy atom. The van der Waals surface area contributed by atoms with Gasteiger partial charge in [0.25, 0.3) is 0 Å². The van der Waals surface area contributed by atoms with Gasteiger partial charge in [0, 0.05) is 0 Å². The van der Waals surface area contributed by atoms with E-state index in [9.17, 15) is 5.11 Å². The van der Waals surface area contributed by atoms with Crippen LogP contribution >= 0.6 is 22.9 Å². The fourth-order valence-corrected chi connectivity index (χ4v) is 1.54. The number of aromatic nitrogens is 1. The molecule has 0 bridgehead atoms. The molecule has 0 aliphatic heterocycles. The van der Waals surface area contributed by atoms with Crippen molar-refractivity contribution >= 4 is 28.1 Å². The molecule has 3 nitrogen and oxygen atoms in total. The summed E-state index contributed by atoms with van der Waals surface area (Å²) >= 11 is 7.04. The van der Waals surface area contributed by atoms with E-state index < -0.39 is 6.10 Å². The van der Waals surface area contributed by atoms with Gasteiger partial charge in [-0.3, -0.25) is 0 Å². The summed E-state index contributed by atoms with van der Waals surface area (Å²) in [6, 6.07) is -0.00721. The van der Waals surface area contributed by atoms with Gasteiger partial charge in [-0.05, 0) is 13.8 Å². The van der Waals surface area contributed by atoms with Gasteiger partial charge in [-0.25, -0.2) is 4.98 Å². The zero-order valence-corrected chi connectivity index (χ0v) is 8.49. The van der Waals surface area contributed by atoms with E-state index >= 15 is 0 Å². The minimum atomic E-state index is -0.396. The molecule has 68 valence electrons. The van der Waals surface area contributed by atoms with Gasteiger partial charge in [0.05, 0.1) is 18.3 Å². The van der Waals surface area contributed by atoms with Crippen molar-refractivity contribution in [3.05, 3.63) is 10.5 Å². The second kappa shape index (κ2) is 4.07. The maximum absolute atomic E-state index is 9.17. The third-order valence-electron chi connectivity index (χ3n) is 1.55. The monoisotopic (exact) mass is 206 g/mol. The van der Waals surface area contributed by atoms with Crippen molar-refractivity contribution in [3.8, 4) is 0 Å². The predicted molar refractivity (Wildman–Crippen MR) is 51.9 cm³/mol. The fraction of sp³-hybridized carbons (Fsp3) is 0.571. The second-order valence-corrected chi connectivity index (χ2v) is 4.31. The highest BCUT2D eigenvalue weighted by Gasteiger charge is 2.09. The standard InChI is InChI=1S/C7H11ClN2OS/c1-4(5(2)11)10-7-9-3-6(8)12-7/h3-5,11H,1-2H3,(H,9,10). The van der Waals surface area contributed by atoms with E-state index in [-0.39, 0.29) is 6.04 Å². The van der Waals surface area contributed by atoms with E-state index in [0.29, 0.717) is 4.34 Å². The maximum atomic E-state index is 9.17. The Labute approximate surface area is 80.4 Å². The molecule has 0 fully saturated rings. The highest BCUT2D eigenvalue weighted by Crippen LogP contribution is 2.23. The van der Waals surface area contributed by atoms with E-state index in [1.54, 1.807) is 13.1 Å². The summed E-state index contributed by atoms with van der Waals surface area (Å²) in [5, 5.41) is 12.9. The van der Waals surface area contributed by atoms with E-state index in [1.807, 2.05) is 6.92 Å². The summed E-state index contributed by atoms with van der Waals surface area (Å²) < 4.78 is 0.648. The van der Waals surface area contributed by atoms with Gasteiger partial charge in [-0.15, -0.1) is 0 Å². The number of nitrogens with one attached hydrogen (secondary N) is 1. The van der Waals surface area contributed by atoms with Crippen molar-refractivity contribution in [2.24, 2.45) is 0 Å². The molecule has 1 rings (SSSR count). The molecule has 0 aliphatic carbocycles. The lowest BCUT2D eigenvalue weighted by Crippen LogP contribution is -2.27. The summed E-state index contributed by atoms with van der Waals surface area (Å²) in [5.41, 5.74) is 0. The molecule has 0 aromatic carbocycles. The zero-order chi connectivity index (χ0) is 9.14. The summed E-state index contributed by atoms with van der Waals surface area (Å²) in [4.78, 5) is 4.00. The first-order valence-corrected chi connectivity index (χ1v) is 4.85. The van der Waals surface area contributed by atoms with Gasteiger partial charge in [-0.1, -0.05) is 22.9 Å². The van der Waals surface area contributed by atoms with Crippen molar-refractivity contribution in [3.63, 3.8) is 0 Å². The molecule has 0 saturated heterocycles. The van der Waals surface area contributed by atoms with Crippen molar-refractivity contribution in [1.29, 1.82) is 0 Å². The SMILES string of the molecule is CC(O)C(C)Nc1ncc(Cl)s1. The van der Waals surface area contributed by atoms with Crippen LogP contribution in [0.1, 0.15) is 13.8 Å². The first kappa shape index (κ1) is 9.77. The Kier molecular flexibility index (Phi) is 3.31. The Morgan fingerprint density at radius 2 is 2.33 bits per heavy atom. The van der Waals surface area contributed by atoms with Crippen LogP contribution in [0.2, 0.25) is 4.34 Å². The van der Waals surface area contributed by atoms with Crippen LogP contribution < -0.4 is 5.32 Å². The number of hydrogen-bond donors (Lipinski definition) is 2. The van der Waals surface area contributed by atoms with Gasteiger partial charge in [0.2, 0.25) is 0 Å². The van der Waals surface area contributed by atoms with Crippen molar-refractivity contribution in [2.75, 3.05) is 5.32 Å². The van der Waals surface area contributed by atoms with Crippen LogP contribution in [0.25, 0.3) is 0 Å². The fourth-order valence-electron chi connectivity index (χ4n) is 0.637. The van der Waals surface area contributed by atoms with Gasteiger partial charge in [-0.2, -0.15) is 0 Å². The topological polar surface area (TPSA) is 45.1 Å². The van der Waals surface area contributed by atoms with Gasteiger partial charge >= 0.3 is 0 Å². The Hall–Kier alpha value is -0.320. The van der Waals surface area contributed by atoms with Crippen LogP contribution in [0.4, 0.5) is 5.13 Å². The summed E-state index contributed by atoms with van der Waals surface area (Å²) in [5.74, 6) is 0. The average Bonchev–Trinajstić information content (AvgIpc) is 2.35. The van der Waals surface area contributed by atoms with E-state index in [4.69, 9.17) is 11.6 Å². The normalized spacial score (nSPS) is 15.7. The number of aliphatic hydroxyl groups excluding tert-OH is 1. The van der Waals surface area contributed by atoms with Crippen LogP contribution in [-0.4, -0.2) is 22.2 Å². The quantitative estimate of drug-likeness (QED) is 0.795. The molecular weight excluding hydrogens is 196 g/mol. The number of thiazole rings is 1. The van der Waals surface area contributed by atoms with E-state index in [0.717, 1.165) is 5.13 Å². The molecule has 12 heavy (non-hydrogen) atoms. The largest absolute Gasteiger partial charge is 0.391 e. The molecule has 1 aromatic heterocycles. The first-order chi connectivity index (χ1) is 5.59. The molecule has 0 saturated carbocycles. The molecule has 5 heteroatoms. The van der Waals surface area contributed by atoms with E-state index in [1.165, 1.54) is 11.3 Å². The number of aliphatic hydroxyl groups is 1. The smallest absolute Gasteiger partial charge is 0.184 e. The number of anilines is 1. The Morgan fingerprint density at radius 1 is 1.67 bits per heavy atom. The van der Waals surface area contributed by atoms with Crippen LogP contribution in [0, 0.1) is 0 Å². The maximum Gasteiger partial charge on any atom is 0.184 e. The average molecular weight is 207 g/mol. The zero-order valence-electron chi connectivity index (χ0n) is 6.91. The molecule has 0 amide bonds.